The maximum Gasteiger partial charge on any atom is 0.133 e. The summed E-state index contributed by atoms with van der Waals surface area (Å²) in [5.41, 5.74) is 3.42. The first-order chi connectivity index (χ1) is 25.0. The van der Waals surface area contributed by atoms with Crippen LogP contribution in [0.4, 0.5) is 0 Å². The molecule has 10 heteroatoms. The number of allylic oxidation sites excluding steroid dienone is 4. The molecule has 0 unspecified atom stereocenters. The Morgan fingerprint density at radius 2 is 1.41 bits per heavy atom. The summed E-state index contributed by atoms with van der Waals surface area (Å²) in [6, 6.07) is 21.6. The smallest absolute Gasteiger partial charge is 0.133 e. The third-order valence-corrected chi connectivity index (χ3v) is 13.2. The molecule has 0 N–H and O–H groups in total. The molecule has 0 bridgehead atoms. The number of benzene rings is 1. The third-order valence-electron chi connectivity index (χ3n) is 7.30. The molecule has 254 valence electrons. The van der Waals surface area contributed by atoms with Crippen molar-refractivity contribution in [3.63, 3.8) is 0 Å². The van der Waals surface area contributed by atoms with Crippen molar-refractivity contribution in [2.45, 2.75) is 27.2 Å². The van der Waals surface area contributed by atoms with Gasteiger partial charge in [-0.15, -0.1) is 68.4 Å². The van der Waals surface area contributed by atoms with E-state index in [4.69, 9.17) is 0 Å². The molecule has 6 aromatic rings. The summed E-state index contributed by atoms with van der Waals surface area (Å²) in [5.74, 6) is 0. The van der Waals surface area contributed by atoms with Gasteiger partial charge in [0.15, 0.2) is 0 Å². The molecule has 0 spiro atoms. The molecule has 4 nitrogen and oxygen atoms in total. The van der Waals surface area contributed by atoms with Gasteiger partial charge < -0.3 is 0 Å². The Bertz CT molecular complexity index is 2400. The Balaban J connectivity index is 0.00000248. The molecule has 0 radical (unpaired) electrons. The van der Waals surface area contributed by atoms with Crippen LogP contribution < -0.4 is 10.4 Å². The van der Waals surface area contributed by atoms with Crippen LogP contribution in [0.25, 0.3) is 67.1 Å². The zero-order valence-corrected chi connectivity index (χ0v) is 33.4. The van der Waals surface area contributed by atoms with E-state index in [-0.39, 0.29) is 0 Å². The second-order valence-corrected chi connectivity index (χ2v) is 16.3. The second kappa shape index (κ2) is 18.7. The monoisotopic (exact) mass is 774 g/mol. The van der Waals surface area contributed by atoms with Gasteiger partial charge >= 0.3 is 0 Å². The fourth-order valence-electron chi connectivity index (χ4n) is 5.00. The highest BCUT2D eigenvalue weighted by atomic mass is 32.2. The fourth-order valence-corrected chi connectivity index (χ4v) is 10.0. The van der Waals surface area contributed by atoms with Crippen LogP contribution in [0.2, 0.25) is 0 Å². The molecule has 0 saturated heterocycles. The Hall–Kier alpha value is -4.39. The lowest BCUT2D eigenvalue weighted by molar-refractivity contribution is 1.28. The van der Waals surface area contributed by atoms with Gasteiger partial charge in [-0.1, -0.05) is 57.7 Å². The van der Waals surface area contributed by atoms with Crippen molar-refractivity contribution in [1.82, 2.24) is 9.97 Å². The predicted molar refractivity (Wildman–Crippen MR) is 230 cm³/mol. The molecule has 51 heavy (non-hydrogen) atoms. The summed E-state index contributed by atoms with van der Waals surface area (Å²) in [7, 11) is 0. The molecule has 1 aromatic carbocycles. The zero-order chi connectivity index (χ0) is 36.2. The molecule has 5 aromatic heterocycles. The van der Waals surface area contributed by atoms with Gasteiger partial charge in [0.25, 0.3) is 0 Å². The van der Waals surface area contributed by atoms with E-state index in [1.165, 1.54) is 42.9 Å². The molecule has 0 aliphatic heterocycles. The first-order valence-electron chi connectivity index (χ1n) is 16.1. The normalized spacial score (nSPS) is 12.5. The third kappa shape index (κ3) is 9.29. The average molecular weight is 775 g/mol. The predicted octanol–water partition coefficient (Wildman–Crippen LogP) is 12.3. The quantitative estimate of drug-likeness (QED) is 0.0968. The van der Waals surface area contributed by atoms with E-state index in [1.807, 2.05) is 36.8 Å². The van der Waals surface area contributed by atoms with Crippen molar-refractivity contribution in [1.29, 1.82) is 10.5 Å². The van der Waals surface area contributed by atoms with Crippen LogP contribution in [0.15, 0.2) is 83.8 Å². The molecule has 0 aliphatic rings. The van der Waals surface area contributed by atoms with Gasteiger partial charge in [-0.25, -0.2) is 9.97 Å². The standard InChI is InChI=1S/C39H28N4S6.C2H6/c1-4-6-31-25(2)26(7-5-8-34(44-3)35-13-10-29(47-35)21-27(23-40)38-42-17-19-45-38)9-12-32(31)33-15-16-37(49-33)36-14-11-30(48-36)22-28(24-41)39-43-18-20-46-39;1-2/h5-22H,2,4H2,1,3H3;1-2H3/b7-5+,27-21+,28-22+,31-6-,34-8-;. The lowest BCUT2D eigenvalue weighted by Crippen LogP contribution is -2.27. The Kier molecular flexibility index (Phi) is 13.9. The van der Waals surface area contributed by atoms with Gasteiger partial charge in [0, 0.05) is 57.3 Å². The van der Waals surface area contributed by atoms with Crippen molar-refractivity contribution >= 4 is 115 Å². The van der Waals surface area contributed by atoms with E-state index in [0.29, 0.717) is 11.1 Å². The molecule has 0 saturated carbocycles. The first kappa shape index (κ1) is 37.9. The highest BCUT2D eigenvalue weighted by molar-refractivity contribution is 8.07. The summed E-state index contributed by atoms with van der Waals surface area (Å²) in [5, 5.41) is 26.7. The second-order valence-electron chi connectivity index (χ2n) is 10.4. The summed E-state index contributed by atoms with van der Waals surface area (Å²) >= 11 is 9.75. The Morgan fingerprint density at radius 1 is 0.804 bits per heavy atom. The minimum atomic E-state index is 0.578. The lowest BCUT2D eigenvalue weighted by atomic mass is 10.0. The van der Waals surface area contributed by atoms with Crippen molar-refractivity contribution in [2.24, 2.45) is 0 Å². The van der Waals surface area contributed by atoms with Gasteiger partial charge in [0.05, 0.1) is 11.1 Å². The molecular formula is C41H34N4S6. The van der Waals surface area contributed by atoms with E-state index in [9.17, 15) is 10.5 Å². The van der Waals surface area contributed by atoms with Crippen LogP contribution in [-0.4, -0.2) is 16.2 Å². The number of thiophene rings is 3. The molecule has 0 fully saturated rings. The van der Waals surface area contributed by atoms with E-state index >= 15 is 0 Å². The molecule has 0 amide bonds. The number of hydrogen-bond donors (Lipinski definition) is 0. The Morgan fingerprint density at radius 3 is 2.02 bits per heavy atom. The average Bonchev–Trinajstić information content (AvgIpc) is 4.01. The largest absolute Gasteiger partial charge is 0.244 e. The van der Waals surface area contributed by atoms with Crippen LogP contribution in [0, 0.1) is 22.7 Å². The molecule has 0 atom stereocenters. The summed E-state index contributed by atoms with van der Waals surface area (Å²) < 4.78 is 0. The maximum atomic E-state index is 9.64. The number of nitriles is 2. The lowest BCUT2D eigenvalue weighted by Gasteiger charge is -2.04. The Labute approximate surface area is 323 Å². The number of nitrogens with zero attached hydrogens (tertiary/aromatic N) is 4. The molecule has 6 rings (SSSR count). The van der Waals surface area contributed by atoms with Crippen LogP contribution >= 0.6 is 68.4 Å². The summed E-state index contributed by atoms with van der Waals surface area (Å²) in [6.45, 7) is 10.7. The number of thiazole rings is 2. The molecule has 0 aliphatic carbocycles. The number of thioether (sulfide) groups is 1. The van der Waals surface area contributed by atoms with Gasteiger partial charge in [0.2, 0.25) is 0 Å². The van der Waals surface area contributed by atoms with Gasteiger partial charge in [-0.3, -0.25) is 0 Å². The van der Waals surface area contributed by atoms with Crippen LogP contribution in [0.3, 0.4) is 0 Å². The van der Waals surface area contributed by atoms with Crippen molar-refractivity contribution in [3.05, 3.63) is 124 Å². The van der Waals surface area contributed by atoms with Crippen molar-refractivity contribution in [3.8, 4) is 32.3 Å². The van der Waals surface area contributed by atoms with Crippen LogP contribution in [-0.2, 0) is 0 Å². The maximum absolute atomic E-state index is 9.64. The zero-order valence-electron chi connectivity index (χ0n) is 28.5. The van der Waals surface area contributed by atoms with E-state index in [0.717, 1.165) is 52.0 Å². The highest BCUT2D eigenvalue weighted by Gasteiger charge is 2.12. The van der Waals surface area contributed by atoms with E-state index in [2.05, 4.69) is 115 Å². The molecule has 5 heterocycles. The SMILES string of the molecule is C=c1c(/C=C/C=C(\SC)c2ccc(/C=C(\C#N)c3nccs3)s2)ccc(-c2ccc(-c3ccc(/C=C(\C#N)c4nccs4)s3)s2)/c1=C\CC.CC. The summed E-state index contributed by atoms with van der Waals surface area (Å²) in [4.78, 5) is 16.5. The topological polar surface area (TPSA) is 73.4 Å². The van der Waals surface area contributed by atoms with Crippen molar-refractivity contribution < 1.29 is 0 Å². The first-order valence-corrected chi connectivity index (χ1v) is 21.5. The van der Waals surface area contributed by atoms with Crippen LogP contribution in [0.1, 0.15) is 57.4 Å². The fraction of sp³-hybridized carbons (Fsp3) is 0.122. The van der Waals surface area contributed by atoms with Crippen molar-refractivity contribution in [2.75, 3.05) is 6.26 Å². The van der Waals surface area contributed by atoms with Crippen LogP contribution in [0.5, 0.6) is 0 Å². The van der Waals surface area contributed by atoms with E-state index in [1.54, 1.807) is 58.2 Å². The minimum absolute atomic E-state index is 0.578. The number of aromatic nitrogens is 2. The minimum Gasteiger partial charge on any atom is -0.244 e. The number of hydrogen-bond acceptors (Lipinski definition) is 10. The van der Waals surface area contributed by atoms with Gasteiger partial charge in [0.1, 0.15) is 22.2 Å². The van der Waals surface area contributed by atoms with E-state index < -0.39 is 0 Å². The highest BCUT2D eigenvalue weighted by Crippen LogP contribution is 2.38. The molecular weight excluding hydrogens is 741 g/mol. The number of rotatable bonds is 11. The van der Waals surface area contributed by atoms with Gasteiger partial charge in [-0.2, -0.15) is 10.5 Å². The van der Waals surface area contributed by atoms with Gasteiger partial charge in [-0.05, 0) is 88.9 Å². The summed E-state index contributed by atoms with van der Waals surface area (Å²) in [6.07, 6.45) is 18.9.